The van der Waals surface area contributed by atoms with Gasteiger partial charge in [-0.3, -0.25) is 0 Å². The molecular weight excluding hydrogens is 276 g/mol. The molecule has 0 unspecified atom stereocenters. The van der Waals surface area contributed by atoms with E-state index in [1.165, 1.54) is 16.7 Å². The van der Waals surface area contributed by atoms with E-state index in [1.807, 2.05) is 12.1 Å². The van der Waals surface area contributed by atoms with Crippen LogP contribution in [0.3, 0.4) is 0 Å². The zero-order valence-corrected chi connectivity index (χ0v) is 11.4. The Morgan fingerprint density at radius 2 is 1.41 bits per heavy atom. The Kier molecular flexibility index (Phi) is 4.21. The number of methoxy groups -OCH3 is 1. The van der Waals surface area contributed by atoms with Gasteiger partial charge in [-0.05, 0) is 35.2 Å². The summed E-state index contributed by atoms with van der Waals surface area (Å²) in [5.74, 6) is 0.893. The van der Waals surface area contributed by atoms with Crippen molar-refractivity contribution in [3.8, 4) is 16.9 Å². The van der Waals surface area contributed by atoms with Crippen LogP contribution in [0.15, 0.2) is 48.5 Å². The average Bonchev–Trinajstić information content (AvgIpc) is 2.40. The van der Waals surface area contributed by atoms with Crippen LogP contribution in [0, 0.1) is 0 Å². The smallest absolute Gasteiger partial charge is 0.118 e. The van der Waals surface area contributed by atoms with Gasteiger partial charge in [0.1, 0.15) is 5.75 Å². The molecule has 0 bridgehead atoms. The molecule has 2 aromatic carbocycles. The van der Waals surface area contributed by atoms with Crippen LogP contribution in [0.4, 0.5) is 0 Å². The molecule has 0 saturated heterocycles. The van der Waals surface area contributed by atoms with Crippen molar-refractivity contribution in [2.45, 2.75) is 6.42 Å². The highest BCUT2D eigenvalue weighted by Gasteiger charge is 1.98. The van der Waals surface area contributed by atoms with Crippen molar-refractivity contribution in [1.82, 2.24) is 0 Å². The highest BCUT2D eigenvalue weighted by molar-refractivity contribution is 9.09. The topological polar surface area (TPSA) is 9.23 Å². The van der Waals surface area contributed by atoms with E-state index in [1.54, 1.807) is 7.11 Å². The van der Waals surface area contributed by atoms with E-state index in [9.17, 15) is 0 Å². The number of rotatable bonds is 4. The molecule has 0 aromatic heterocycles. The van der Waals surface area contributed by atoms with Gasteiger partial charge in [-0.1, -0.05) is 52.3 Å². The highest BCUT2D eigenvalue weighted by atomic mass is 79.9. The number of hydrogen-bond donors (Lipinski definition) is 0. The van der Waals surface area contributed by atoms with E-state index >= 15 is 0 Å². The molecule has 17 heavy (non-hydrogen) atoms. The fraction of sp³-hybridized carbons (Fsp3) is 0.200. The summed E-state index contributed by atoms with van der Waals surface area (Å²) in [5.41, 5.74) is 3.82. The van der Waals surface area contributed by atoms with Crippen molar-refractivity contribution in [3.63, 3.8) is 0 Å². The largest absolute Gasteiger partial charge is 0.497 e. The van der Waals surface area contributed by atoms with Crippen LogP contribution in [0.25, 0.3) is 11.1 Å². The van der Waals surface area contributed by atoms with E-state index < -0.39 is 0 Å². The molecule has 0 amide bonds. The van der Waals surface area contributed by atoms with Crippen molar-refractivity contribution in [2.75, 3.05) is 12.4 Å². The van der Waals surface area contributed by atoms with Gasteiger partial charge in [0.05, 0.1) is 7.11 Å². The normalized spacial score (nSPS) is 10.2. The maximum absolute atomic E-state index is 5.15. The fourth-order valence-corrected chi connectivity index (χ4v) is 2.21. The Hall–Kier alpha value is -1.28. The average molecular weight is 291 g/mol. The first-order valence-electron chi connectivity index (χ1n) is 5.63. The minimum atomic E-state index is 0.893. The molecule has 0 N–H and O–H groups in total. The molecule has 0 radical (unpaired) electrons. The molecule has 0 aliphatic carbocycles. The van der Waals surface area contributed by atoms with Crippen LogP contribution in [-0.2, 0) is 6.42 Å². The number of aryl methyl sites for hydroxylation is 1. The van der Waals surface area contributed by atoms with Crippen LogP contribution >= 0.6 is 15.9 Å². The summed E-state index contributed by atoms with van der Waals surface area (Å²) in [7, 11) is 1.68. The summed E-state index contributed by atoms with van der Waals surface area (Å²) in [5, 5.41) is 1.01. The second kappa shape index (κ2) is 5.87. The molecule has 0 heterocycles. The summed E-state index contributed by atoms with van der Waals surface area (Å²) in [6.45, 7) is 0. The number of halogens is 1. The zero-order chi connectivity index (χ0) is 12.1. The minimum Gasteiger partial charge on any atom is -0.497 e. The Morgan fingerprint density at radius 3 is 1.88 bits per heavy atom. The molecule has 88 valence electrons. The maximum atomic E-state index is 5.15. The third-order valence-electron chi connectivity index (χ3n) is 2.76. The van der Waals surface area contributed by atoms with Crippen molar-refractivity contribution < 1.29 is 4.74 Å². The Balaban J connectivity index is 2.20. The molecule has 2 heteroatoms. The SMILES string of the molecule is COc1ccc(-c2ccc(CCBr)cc2)cc1. The zero-order valence-electron chi connectivity index (χ0n) is 9.82. The van der Waals surface area contributed by atoms with E-state index in [4.69, 9.17) is 4.74 Å². The van der Waals surface area contributed by atoms with Crippen molar-refractivity contribution in [3.05, 3.63) is 54.1 Å². The first-order chi connectivity index (χ1) is 8.33. The monoisotopic (exact) mass is 290 g/mol. The molecule has 0 atom stereocenters. The number of hydrogen-bond acceptors (Lipinski definition) is 1. The highest BCUT2D eigenvalue weighted by Crippen LogP contribution is 2.22. The lowest BCUT2D eigenvalue weighted by Crippen LogP contribution is -1.86. The van der Waals surface area contributed by atoms with Crippen LogP contribution in [0.5, 0.6) is 5.75 Å². The maximum Gasteiger partial charge on any atom is 0.118 e. The van der Waals surface area contributed by atoms with Gasteiger partial charge >= 0.3 is 0 Å². The first-order valence-corrected chi connectivity index (χ1v) is 6.75. The Labute approximate surface area is 111 Å². The van der Waals surface area contributed by atoms with Crippen LogP contribution in [0.1, 0.15) is 5.56 Å². The van der Waals surface area contributed by atoms with Gasteiger partial charge < -0.3 is 4.74 Å². The number of alkyl halides is 1. The first kappa shape index (κ1) is 12.2. The predicted octanol–water partition coefficient (Wildman–Crippen LogP) is 4.30. The number of ether oxygens (including phenoxy) is 1. The van der Waals surface area contributed by atoms with Crippen LogP contribution in [-0.4, -0.2) is 12.4 Å². The van der Waals surface area contributed by atoms with Crippen LogP contribution in [0.2, 0.25) is 0 Å². The summed E-state index contributed by atoms with van der Waals surface area (Å²) >= 11 is 3.45. The van der Waals surface area contributed by atoms with Crippen LogP contribution < -0.4 is 4.74 Å². The Bertz CT molecular complexity index is 459. The lowest BCUT2D eigenvalue weighted by Gasteiger charge is -2.05. The lowest BCUT2D eigenvalue weighted by atomic mass is 10.0. The molecule has 0 aliphatic rings. The molecule has 1 nitrogen and oxygen atoms in total. The van der Waals surface area contributed by atoms with E-state index in [-0.39, 0.29) is 0 Å². The summed E-state index contributed by atoms with van der Waals surface area (Å²) < 4.78 is 5.15. The molecule has 0 aliphatic heterocycles. The van der Waals surface area contributed by atoms with E-state index in [0.717, 1.165) is 17.5 Å². The second-order valence-corrected chi connectivity index (χ2v) is 4.66. The molecule has 2 aromatic rings. The van der Waals surface area contributed by atoms with Gasteiger partial charge in [-0.25, -0.2) is 0 Å². The van der Waals surface area contributed by atoms with Gasteiger partial charge in [0, 0.05) is 5.33 Å². The van der Waals surface area contributed by atoms with Gasteiger partial charge in [0.2, 0.25) is 0 Å². The van der Waals surface area contributed by atoms with Gasteiger partial charge in [0.25, 0.3) is 0 Å². The third-order valence-corrected chi connectivity index (χ3v) is 3.16. The lowest BCUT2D eigenvalue weighted by molar-refractivity contribution is 0.415. The predicted molar refractivity (Wildman–Crippen MR) is 75.9 cm³/mol. The van der Waals surface area contributed by atoms with E-state index in [0.29, 0.717) is 0 Å². The molecule has 0 fully saturated rings. The van der Waals surface area contributed by atoms with E-state index in [2.05, 4.69) is 52.3 Å². The summed E-state index contributed by atoms with van der Waals surface area (Å²) in [6, 6.07) is 16.8. The second-order valence-electron chi connectivity index (χ2n) is 3.86. The van der Waals surface area contributed by atoms with Crippen molar-refractivity contribution >= 4 is 15.9 Å². The van der Waals surface area contributed by atoms with Crippen molar-refractivity contribution in [1.29, 1.82) is 0 Å². The third kappa shape index (κ3) is 3.10. The fourth-order valence-electron chi connectivity index (χ4n) is 1.76. The van der Waals surface area contributed by atoms with Crippen molar-refractivity contribution in [2.24, 2.45) is 0 Å². The summed E-state index contributed by atoms with van der Waals surface area (Å²) in [4.78, 5) is 0. The Morgan fingerprint density at radius 1 is 0.882 bits per heavy atom. The summed E-state index contributed by atoms with van der Waals surface area (Å²) in [6.07, 6.45) is 1.07. The minimum absolute atomic E-state index is 0.893. The molecular formula is C15H15BrO. The quantitative estimate of drug-likeness (QED) is 0.763. The van der Waals surface area contributed by atoms with Gasteiger partial charge in [-0.2, -0.15) is 0 Å². The molecule has 2 rings (SSSR count). The standard InChI is InChI=1S/C15H15BrO/c1-17-15-8-6-14(7-9-15)13-4-2-12(3-5-13)10-11-16/h2-9H,10-11H2,1H3. The van der Waals surface area contributed by atoms with Gasteiger partial charge in [-0.15, -0.1) is 0 Å². The van der Waals surface area contributed by atoms with Gasteiger partial charge in [0.15, 0.2) is 0 Å². The number of benzene rings is 2. The molecule has 0 spiro atoms. The molecule has 0 saturated carbocycles.